The molecule has 0 unspecified atom stereocenters. The van der Waals surface area contributed by atoms with Gasteiger partial charge in [0.15, 0.2) is 16.0 Å². The molecule has 11 heteroatoms. The van der Waals surface area contributed by atoms with Crippen LogP contribution in [0.15, 0.2) is 75.6 Å². The Morgan fingerprint density at radius 1 is 0.714 bits per heavy atom. The summed E-state index contributed by atoms with van der Waals surface area (Å²) in [5.41, 5.74) is 0.519. The Bertz CT molecular complexity index is 920. The first-order valence-corrected chi connectivity index (χ1v) is 8.44. The molecule has 0 aliphatic carbocycles. The number of alkyl halides is 6. The predicted molar refractivity (Wildman–Crippen MR) is 97.0 cm³/mol. The molecule has 1 aliphatic heterocycles. The van der Waals surface area contributed by atoms with Crippen molar-refractivity contribution in [3.8, 4) is 0 Å². The van der Waals surface area contributed by atoms with Gasteiger partial charge >= 0.3 is 12.6 Å². The van der Waals surface area contributed by atoms with Gasteiger partial charge in [0, 0.05) is 5.69 Å². The van der Waals surface area contributed by atoms with Gasteiger partial charge in [-0.2, -0.15) is 9.98 Å². The van der Waals surface area contributed by atoms with E-state index >= 15 is 0 Å². The molecule has 1 fully saturated rings. The number of thioether (sulfide) groups is 1. The third-order valence-electron chi connectivity index (χ3n) is 3.24. The SMILES string of the molecule is FC(F)(F)N=C1SC(=Nc2ccccc2)N(c2ccccc2)/C1=N/C(F)(F)F. The molecule has 0 spiro atoms. The van der Waals surface area contributed by atoms with Crippen LogP contribution in [0.1, 0.15) is 0 Å². The van der Waals surface area contributed by atoms with E-state index in [0.29, 0.717) is 17.4 Å². The second-order valence-electron chi connectivity index (χ2n) is 5.29. The number of hydrogen-bond donors (Lipinski definition) is 0. The standard InChI is InChI=1S/C17H10F6N4S/c18-16(19,20)25-13-14(26-17(21,22)23)28-15(24-11-7-3-1-4-8-11)27(13)12-9-5-2-6-10-12/h1-10H/b24-15?,25-13+,26-14?. The van der Waals surface area contributed by atoms with Gasteiger partial charge in [0.2, 0.25) is 0 Å². The Morgan fingerprint density at radius 2 is 1.25 bits per heavy atom. The fourth-order valence-corrected chi connectivity index (χ4v) is 3.25. The minimum Gasteiger partial charge on any atom is -0.271 e. The van der Waals surface area contributed by atoms with E-state index in [-0.39, 0.29) is 10.9 Å². The van der Waals surface area contributed by atoms with Gasteiger partial charge in [-0.05, 0) is 36.0 Å². The van der Waals surface area contributed by atoms with E-state index < -0.39 is 23.5 Å². The zero-order valence-corrected chi connectivity index (χ0v) is 14.6. The van der Waals surface area contributed by atoms with Crippen molar-refractivity contribution in [2.45, 2.75) is 12.6 Å². The lowest BCUT2D eigenvalue weighted by molar-refractivity contribution is -0.121. The summed E-state index contributed by atoms with van der Waals surface area (Å²) in [5.74, 6) is -0.990. The van der Waals surface area contributed by atoms with E-state index in [0.717, 1.165) is 4.90 Å². The highest BCUT2D eigenvalue weighted by Crippen LogP contribution is 2.35. The number of hydrogen-bond acceptors (Lipinski definition) is 4. The maximum absolute atomic E-state index is 13.0. The molecule has 0 aromatic heterocycles. The van der Waals surface area contributed by atoms with Gasteiger partial charge in [0.1, 0.15) is 0 Å². The van der Waals surface area contributed by atoms with Crippen LogP contribution in [0.25, 0.3) is 0 Å². The van der Waals surface area contributed by atoms with Gasteiger partial charge in [0.05, 0.1) is 5.69 Å². The highest BCUT2D eigenvalue weighted by atomic mass is 32.2. The quantitative estimate of drug-likeness (QED) is 0.461. The second-order valence-corrected chi connectivity index (χ2v) is 6.25. The van der Waals surface area contributed by atoms with E-state index in [1.807, 2.05) is 0 Å². The molecule has 0 N–H and O–H groups in total. The smallest absolute Gasteiger partial charge is 0.271 e. The third-order valence-corrected chi connectivity index (χ3v) is 4.16. The van der Waals surface area contributed by atoms with E-state index in [2.05, 4.69) is 15.0 Å². The molecule has 1 heterocycles. The zero-order valence-electron chi connectivity index (χ0n) is 13.7. The fourth-order valence-electron chi connectivity index (χ4n) is 2.27. The molecular weight excluding hydrogens is 406 g/mol. The lowest BCUT2D eigenvalue weighted by Crippen LogP contribution is -2.33. The van der Waals surface area contributed by atoms with Gasteiger partial charge in [-0.3, -0.25) is 4.90 Å². The summed E-state index contributed by atoms with van der Waals surface area (Å²) in [5, 5.41) is -1.08. The molecule has 0 atom stereocenters. The molecule has 0 bridgehead atoms. The predicted octanol–water partition coefficient (Wildman–Crippen LogP) is 5.76. The van der Waals surface area contributed by atoms with E-state index in [4.69, 9.17) is 0 Å². The number of halogens is 6. The van der Waals surface area contributed by atoms with E-state index in [1.165, 1.54) is 24.3 Å². The molecule has 4 nitrogen and oxygen atoms in total. The van der Waals surface area contributed by atoms with Gasteiger partial charge in [-0.1, -0.05) is 36.4 Å². The maximum atomic E-state index is 13.0. The Morgan fingerprint density at radius 3 is 1.79 bits per heavy atom. The first-order chi connectivity index (χ1) is 13.1. The number of benzene rings is 2. The molecule has 2 aromatic rings. The molecule has 1 saturated heterocycles. The van der Waals surface area contributed by atoms with Crippen molar-refractivity contribution in [3.63, 3.8) is 0 Å². The Kier molecular flexibility index (Phi) is 5.45. The summed E-state index contributed by atoms with van der Waals surface area (Å²) < 4.78 is 77.3. The van der Waals surface area contributed by atoms with Crippen LogP contribution in [0.3, 0.4) is 0 Å². The van der Waals surface area contributed by atoms with Gasteiger partial charge < -0.3 is 0 Å². The molecule has 28 heavy (non-hydrogen) atoms. The molecular formula is C17H10F6N4S. The normalized spacial score (nSPS) is 19.8. The highest BCUT2D eigenvalue weighted by molar-refractivity contribution is 8.29. The topological polar surface area (TPSA) is 40.3 Å². The van der Waals surface area contributed by atoms with Crippen LogP contribution in [0.5, 0.6) is 0 Å². The maximum Gasteiger partial charge on any atom is 0.505 e. The largest absolute Gasteiger partial charge is 0.505 e. The summed E-state index contributed by atoms with van der Waals surface area (Å²) in [4.78, 5) is 10.1. The molecule has 146 valence electrons. The van der Waals surface area contributed by atoms with Gasteiger partial charge in [0.25, 0.3) is 0 Å². The van der Waals surface area contributed by atoms with Crippen molar-refractivity contribution < 1.29 is 26.3 Å². The first-order valence-electron chi connectivity index (χ1n) is 7.63. The fraction of sp³-hybridized carbons (Fsp3) is 0.118. The van der Waals surface area contributed by atoms with E-state index in [1.54, 1.807) is 36.4 Å². The number of aliphatic imine (C=N–C) groups is 3. The van der Waals surface area contributed by atoms with Crippen LogP contribution in [0.2, 0.25) is 0 Å². The van der Waals surface area contributed by atoms with Gasteiger partial charge in [-0.25, -0.2) is 4.99 Å². The molecule has 1 aliphatic rings. The first kappa shape index (κ1) is 19.9. The third kappa shape index (κ3) is 5.12. The number of anilines is 1. The van der Waals surface area contributed by atoms with Crippen LogP contribution >= 0.6 is 11.8 Å². The number of rotatable bonds is 2. The molecule has 0 amide bonds. The number of para-hydroxylation sites is 2. The van der Waals surface area contributed by atoms with Crippen molar-refractivity contribution in [2.24, 2.45) is 15.0 Å². The molecule has 3 rings (SSSR count). The van der Waals surface area contributed by atoms with Crippen LogP contribution in [0.4, 0.5) is 37.7 Å². The summed E-state index contributed by atoms with van der Waals surface area (Å²) in [6.45, 7) is 0. The minimum absolute atomic E-state index is 0.136. The van der Waals surface area contributed by atoms with Crippen molar-refractivity contribution in [1.82, 2.24) is 0 Å². The van der Waals surface area contributed by atoms with Crippen LogP contribution < -0.4 is 4.90 Å². The minimum atomic E-state index is -5.10. The van der Waals surface area contributed by atoms with Crippen LogP contribution in [-0.4, -0.2) is 28.6 Å². The number of amidine groups is 2. The zero-order chi connectivity index (χ0) is 20.4. The average molecular weight is 416 g/mol. The summed E-state index contributed by atoms with van der Waals surface area (Å²) >= 11 is 0.359. The Labute approximate surface area is 159 Å². The average Bonchev–Trinajstić information content (AvgIpc) is 2.90. The summed E-state index contributed by atoms with van der Waals surface area (Å²) in [6.07, 6.45) is -10.2. The Hall–Kier alpha value is -2.82. The molecule has 0 saturated carbocycles. The number of nitrogens with zero attached hydrogens (tertiary/aromatic N) is 4. The molecule has 0 radical (unpaired) electrons. The van der Waals surface area contributed by atoms with E-state index in [9.17, 15) is 26.3 Å². The second kappa shape index (κ2) is 7.66. The van der Waals surface area contributed by atoms with Crippen LogP contribution in [0, 0.1) is 0 Å². The van der Waals surface area contributed by atoms with Crippen molar-refractivity contribution in [1.29, 1.82) is 0 Å². The Balaban J connectivity index is 2.20. The monoisotopic (exact) mass is 416 g/mol. The van der Waals surface area contributed by atoms with Crippen molar-refractivity contribution in [3.05, 3.63) is 60.7 Å². The lowest BCUT2D eigenvalue weighted by atomic mass is 10.3. The van der Waals surface area contributed by atoms with Gasteiger partial charge in [-0.15, -0.1) is 26.3 Å². The van der Waals surface area contributed by atoms with Crippen LogP contribution in [-0.2, 0) is 0 Å². The molecule has 2 aromatic carbocycles. The lowest BCUT2D eigenvalue weighted by Gasteiger charge is -2.19. The van der Waals surface area contributed by atoms with Crippen molar-refractivity contribution in [2.75, 3.05) is 4.90 Å². The summed E-state index contributed by atoms with van der Waals surface area (Å²) in [7, 11) is 0. The van der Waals surface area contributed by atoms with Crippen molar-refractivity contribution >= 4 is 39.2 Å². The summed E-state index contributed by atoms with van der Waals surface area (Å²) in [6, 6.07) is 15.7. The highest BCUT2D eigenvalue weighted by Gasteiger charge is 2.41.